The van der Waals surface area contributed by atoms with Crippen LogP contribution in [0.15, 0.2) is 34.0 Å². The molecule has 1 amide bonds. The van der Waals surface area contributed by atoms with E-state index < -0.39 is 0 Å². The molecule has 2 fully saturated rings. The molecule has 10 heteroatoms. The minimum absolute atomic E-state index is 0.0597. The molecular weight excluding hydrogens is 461 g/mol. The first-order valence-corrected chi connectivity index (χ1v) is 11.6. The van der Waals surface area contributed by atoms with Crippen molar-refractivity contribution < 1.29 is 9.18 Å². The van der Waals surface area contributed by atoms with Crippen molar-refractivity contribution >= 4 is 51.8 Å². The van der Waals surface area contributed by atoms with Gasteiger partial charge >= 0.3 is 0 Å². The van der Waals surface area contributed by atoms with E-state index in [0.717, 1.165) is 5.69 Å². The van der Waals surface area contributed by atoms with Crippen molar-refractivity contribution in [1.29, 1.82) is 5.26 Å². The molecule has 1 aromatic heterocycles. The largest absolute Gasteiger partial charge is 0.368 e. The first-order valence-electron chi connectivity index (χ1n) is 10.3. The van der Waals surface area contributed by atoms with E-state index in [2.05, 4.69) is 9.80 Å². The number of aromatic nitrogens is 1. The summed E-state index contributed by atoms with van der Waals surface area (Å²) in [5.41, 5.74) is 1.83. The van der Waals surface area contributed by atoms with Crippen molar-refractivity contribution in [3.05, 3.63) is 62.0 Å². The zero-order chi connectivity index (χ0) is 23.9. The van der Waals surface area contributed by atoms with E-state index in [0.29, 0.717) is 52.3 Å². The molecule has 7 nitrogen and oxygen atoms in total. The molecule has 2 aliphatic rings. The highest BCUT2D eigenvalue weighted by molar-refractivity contribution is 8.26. The van der Waals surface area contributed by atoms with Crippen LogP contribution in [0.5, 0.6) is 0 Å². The van der Waals surface area contributed by atoms with E-state index in [4.69, 9.17) is 12.2 Å². The average molecular weight is 484 g/mol. The van der Waals surface area contributed by atoms with Gasteiger partial charge in [-0.05, 0) is 42.8 Å². The molecule has 2 aromatic rings. The predicted octanol–water partition coefficient (Wildman–Crippen LogP) is 2.86. The molecule has 3 heterocycles. The quantitative estimate of drug-likeness (QED) is 0.491. The van der Waals surface area contributed by atoms with Crippen molar-refractivity contribution in [2.24, 2.45) is 7.05 Å². The van der Waals surface area contributed by atoms with Gasteiger partial charge in [-0.2, -0.15) is 5.26 Å². The van der Waals surface area contributed by atoms with Crippen LogP contribution < -0.4 is 15.4 Å². The van der Waals surface area contributed by atoms with E-state index in [-0.39, 0.29) is 22.8 Å². The topological polar surface area (TPSA) is 72.6 Å². The Morgan fingerprint density at radius 3 is 2.24 bits per heavy atom. The van der Waals surface area contributed by atoms with E-state index in [1.54, 1.807) is 39.2 Å². The molecule has 0 unspecified atom stereocenters. The van der Waals surface area contributed by atoms with Gasteiger partial charge in [0.2, 0.25) is 0 Å². The molecule has 33 heavy (non-hydrogen) atoms. The van der Waals surface area contributed by atoms with E-state index in [1.165, 1.54) is 33.4 Å². The zero-order valence-corrected chi connectivity index (χ0v) is 20.1. The van der Waals surface area contributed by atoms with Gasteiger partial charge in [0, 0.05) is 51.5 Å². The Bertz CT molecular complexity index is 1270. The molecular formula is C23H22FN5O2S2. The second kappa shape index (κ2) is 9.00. The Morgan fingerprint density at radius 1 is 1.09 bits per heavy atom. The summed E-state index contributed by atoms with van der Waals surface area (Å²) in [7, 11) is 3.27. The Kier molecular flexibility index (Phi) is 6.28. The number of thioether (sulfide) groups is 1. The molecule has 0 spiro atoms. The smallest absolute Gasteiger partial charge is 0.270 e. The SMILES string of the molecule is Cc1c(C=C2SC(=S)N(C)C2=O)c(N2CCN(c3ccc(F)cc3)CC2)n(C)c(=O)c1C#N. The third-order valence-electron chi connectivity index (χ3n) is 6.00. The first-order chi connectivity index (χ1) is 15.7. The maximum atomic E-state index is 13.3. The number of likely N-dealkylation sites (N-methyl/N-ethyl adjacent to an activating group) is 1. The zero-order valence-electron chi connectivity index (χ0n) is 18.5. The number of hydrogen-bond acceptors (Lipinski definition) is 7. The summed E-state index contributed by atoms with van der Waals surface area (Å²) in [6.45, 7) is 4.32. The highest BCUT2D eigenvalue weighted by Crippen LogP contribution is 2.35. The summed E-state index contributed by atoms with van der Waals surface area (Å²) < 4.78 is 15.2. The van der Waals surface area contributed by atoms with Crippen LogP contribution in [0.3, 0.4) is 0 Å². The second-order valence-electron chi connectivity index (χ2n) is 7.90. The number of thiocarbonyl (C=S) groups is 1. The van der Waals surface area contributed by atoms with E-state index >= 15 is 0 Å². The number of rotatable bonds is 3. The fourth-order valence-electron chi connectivity index (χ4n) is 4.10. The van der Waals surface area contributed by atoms with Crippen LogP contribution in [-0.2, 0) is 11.8 Å². The number of nitriles is 1. The Labute approximate surface area is 200 Å². The van der Waals surface area contributed by atoms with Crippen LogP contribution >= 0.6 is 24.0 Å². The van der Waals surface area contributed by atoms with Gasteiger partial charge in [-0.15, -0.1) is 0 Å². The molecule has 1 aromatic carbocycles. The van der Waals surface area contributed by atoms with Gasteiger partial charge in [0.05, 0.1) is 4.91 Å². The Hall–Kier alpha value is -3.16. The van der Waals surface area contributed by atoms with Crippen molar-refractivity contribution in [2.75, 3.05) is 43.0 Å². The van der Waals surface area contributed by atoms with Crippen molar-refractivity contribution in [3.63, 3.8) is 0 Å². The maximum Gasteiger partial charge on any atom is 0.270 e. The number of nitrogens with zero attached hydrogens (tertiary/aromatic N) is 5. The van der Waals surface area contributed by atoms with Gasteiger partial charge in [-0.25, -0.2) is 4.39 Å². The fraction of sp³-hybridized carbons (Fsp3) is 0.304. The fourth-order valence-corrected chi connectivity index (χ4v) is 5.26. The van der Waals surface area contributed by atoms with Crippen LogP contribution in [-0.4, -0.2) is 52.9 Å². The van der Waals surface area contributed by atoms with Crippen LogP contribution in [0.4, 0.5) is 15.9 Å². The molecule has 0 bridgehead atoms. The van der Waals surface area contributed by atoms with Crippen molar-refractivity contribution in [2.45, 2.75) is 6.92 Å². The summed E-state index contributed by atoms with van der Waals surface area (Å²) in [5, 5.41) is 9.59. The number of anilines is 2. The minimum atomic E-state index is -0.369. The highest BCUT2D eigenvalue weighted by atomic mass is 32.2. The molecule has 2 saturated heterocycles. The number of carbonyl (C=O) groups excluding carboxylic acids is 1. The summed E-state index contributed by atoms with van der Waals surface area (Å²) in [4.78, 5) is 31.6. The van der Waals surface area contributed by atoms with Crippen LogP contribution in [0.1, 0.15) is 16.7 Å². The minimum Gasteiger partial charge on any atom is -0.368 e. The number of carbonyl (C=O) groups is 1. The Morgan fingerprint density at radius 2 is 1.70 bits per heavy atom. The van der Waals surface area contributed by atoms with Crippen molar-refractivity contribution in [3.8, 4) is 6.07 Å². The molecule has 0 atom stereocenters. The highest BCUT2D eigenvalue weighted by Gasteiger charge is 2.31. The lowest BCUT2D eigenvalue weighted by Gasteiger charge is -2.38. The summed E-state index contributed by atoms with van der Waals surface area (Å²) in [5.74, 6) is 0.183. The summed E-state index contributed by atoms with van der Waals surface area (Å²) in [6.07, 6.45) is 1.74. The number of hydrogen-bond donors (Lipinski definition) is 0. The first kappa shape index (κ1) is 23.0. The maximum absolute atomic E-state index is 13.3. The van der Waals surface area contributed by atoms with Crippen LogP contribution in [0, 0.1) is 24.1 Å². The van der Waals surface area contributed by atoms with E-state index in [1.807, 2.05) is 6.07 Å². The molecule has 170 valence electrons. The lowest BCUT2D eigenvalue weighted by molar-refractivity contribution is -0.121. The predicted molar refractivity (Wildman–Crippen MR) is 133 cm³/mol. The van der Waals surface area contributed by atoms with Gasteiger partial charge < -0.3 is 9.80 Å². The molecule has 2 aliphatic heterocycles. The lowest BCUT2D eigenvalue weighted by atomic mass is 10.0. The van der Waals surface area contributed by atoms with Gasteiger partial charge in [0.1, 0.15) is 27.6 Å². The molecule has 0 aliphatic carbocycles. The number of pyridine rings is 1. The monoisotopic (exact) mass is 483 g/mol. The standard InChI is InChI=1S/C23H22FN5O2S2/c1-14-17(12-19-22(31)27(3)23(32)33-19)20(26(2)21(30)18(14)13-25)29-10-8-28(9-11-29)16-6-4-15(24)5-7-16/h4-7,12H,8-11H2,1-3H3. The summed E-state index contributed by atoms with van der Waals surface area (Å²) in [6, 6.07) is 8.41. The normalized spacial score (nSPS) is 17.8. The molecule has 0 radical (unpaired) electrons. The number of amides is 1. The summed E-state index contributed by atoms with van der Waals surface area (Å²) >= 11 is 6.45. The second-order valence-corrected chi connectivity index (χ2v) is 9.58. The number of halogens is 1. The van der Waals surface area contributed by atoms with Crippen LogP contribution in [0.2, 0.25) is 0 Å². The third-order valence-corrected chi connectivity index (χ3v) is 7.49. The van der Waals surface area contributed by atoms with Gasteiger partial charge in [-0.3, -0.25) is 19.1 Å². The number of piperazine rings is 1. The average Bonchev–Trinajstić information content (AvgIpc) is 3.05. The van der Waals surface area contributed by atoms with E-state index in [9.17, 15) is 19.2 Å². The van der Waals surface area contributed by atoms with Crippen molar-refractivity contribution in [1.82, 2.24) is 9.47 Å². The third kappa shape index (κ3) is 4.14. The van der Waals surface area contributed by atoms with Gasteiger partial charge in [0.25, 0.3) is 11.5 Å². The molecule has 4 rings (SSSR count). The number of benzene rings is 1. The van der Waals surface area contributed by atoms with Gasteiger partial charge in [0.15, 0.2) is 0 Å². The van der Waals surface area contributed by atoms with Gasteiger partial charge in [-0.1, -0.05) is 24.0 Å². The lowest BCUT2D eigenvalue weighted by Crippen LogP contribution is -2.48. The van der Waals surface area contributed by atoms with Crippen LogP contribution in [0.25, 0.3) is 6.08 Å². The Balaban J connectivity index is 1.73. The molecule has 0 saturated carbocycles. The molecule has 0 N–H and O–H groups in total.